The number of nitrogens with zero attached hydrogens (tertiary/aromatic N) is 2. The molecule has 5 aliphatic carbocycles. The van der Waals surface area contributed by atoms with Crippen molar-refractivity contribution in [3.63, 3.8) is 0 Å². The number of rotatable bonds is 5. The molecule has 0 radical (unpaired) electrons. The molecule has 192 valence electrons. The molecule has 2 aliphatic heterocycles. The molecule has 37 heavy (non-hydrogen) atoms. The van der Waals surface area contributed by atoms with Gasteiger partial charge >= 0.3 is 0 Å². The van der Waals surface area contributed by atoms with Crippen molar-refractivity contribution in [1.82, 2.24) is 9.80 Å². The number of amides is 1. The quantitative estimate of drug-likeness (QED) is 0.657. The molecule has 7 aliphatic rings. The highest BCUT2D eigenvalue weighted by molar-refractivity contribution is 5.97. The smallest absolute Gasteiger partial charge is 0.252 e. The Kier molecular flexibility index (Phi) is 3.91. The predicted molar refractivity (Wildman–Crippen MR) is 138 cm³/mol. The fraction of sp³-hybridized carbons (Fsp3) is 0.516. The molecule has 0 unspecified atom stereocenters. The lowest BCUT2D eigenvalue weighted by Gasteiger charge is -2.70. The molecule has 4 bridgehead atoms. The van der Waals surface area contributed by atoms with Crippen molar-refractivity contribution >= 4 is 5.91 Å². The number of ether oxygens (including phenoxy) is 1. The Morgan fingerprint density at radius 3 is 2.78 bits per heavy atom. The summed E-state index contributed by atoms with van der Waals surface area (Å²) in [6, 6.07) is 13.3. The highest BCUT2D eigenvalue weighted by Crippen LogP contribution is 2.74. The predicted octanol–water partition coefficient (Wildman–Crippen LogP) is 3.54. The van der Waals surface area contributed by atoms with Crippen LogP contribution in [0.5, 0.6) is 11.5 Å². The van der Waals surface area contributed by atoms with E-state index in [1.165, 1.54) is 0 Å². The monoisotopic (exact) mass is 500 g/mol. The molecule has 3 fully saturated rings. The van der Waals surface area contributed by atoms with Gasteiger partial charge in [0.1, 0.15) is 11.7 Å². The van der Waals surface area contributed by atoms with Crippen LogP contribution in [0.25, 0.3) is 0 Å². The number of likely N-dealkylation sites (tertiary alicyclic amines) is 1. The summed E-state index contributed by atoms with van der Waals surface area (Å²) in [6.07, 6.45) is 5.41. The van der Waals surface area contributed by atoms with E-state index in [2.05, 4.69) is 4.90 Å². The number of fused-ring (bicyclic) bond motifs is 1. The summed E-state index contributed by atoms with van der Waals surface area (Å²) in [5.41, 5.74) is 0.741. The lowest BCUT2D eigenvalue weighted by Crippen LogP contribution is -2.78. The van der Waals surface area contributed by atoms with Gasteiger partial charge < -0.3 is 19.8 Å². The Morgan fingerprint density at radius 2 is 2.00 bits per heavy atom. The van der Waals surface area contributed by atoms with Crippen LogP contribution in [-0.4, -0.2) is 63.8 Å². The van der Waals surface area contributed by atoms with Crippen molar-refractivity contribution in [2.24, 2.45) is 11.3 Å². The number of aromatic hydroxyl groups is 1. The van der Waals surface area contributed by atoms with Crippen molar-refractivity contribution in [1.29, 1.82) is 0 Å². The number of carbonyl (C=O) groups is 1. The van der Waals surface area contributed by atoms with Crippen molar-refractivity contribution < 1.29 is 22.5 Å². The summed E-state index contributed by atoms with van der Waals surface area (Å²) >= 11 is 0. The summed E-state index contributed by atoms with van der Waals surface area (Å²) in [5, 5.41) is 23.3. The number of carbonyl (C=O) groups excluding carboxylic acids is 1. The highest BCUT2D eigenvalue weighted by Gasteiger charge is 2.78. The van der Waals surface area contributed by atoms with Gasteiger partial charge in [-0.1, -0.05) is 42.5 Å². The number of hydrogen-bond acceptors (Lipinski definition) is 5. The van der Waals surface area contributed by atoms with E-state index >= 15 is 0 Å². The molecule has 2 heterocycles. The van der Waals surface area contributed by atoms with Crippen LogP contribution in [0.2, 0.25) is 0 Å². The van der Waals surface area contributed by atoms with Gasteiger partial charge in [-0.25, -0.2) is 0 Å². The molecular formula is C31H34N2O4. The summed E-state index contributed by atoms with van der Waals surface area (Å²) in [4.78, 5) is 17.9. The van der Waals surface area contributed by atoms with Gasteiger partial charge in [0.2, 0.25) is 0 Å². The van der Waals surface area contributed by atoms with E-state index in [4.69, 9.17) is 7.48 Å². The molecule has 1 amide bonds. The lowest BCUT2D eigenvalue weighted by atomic mass is 9.38. The molecule has 9 rings (SSSR count). The molecule has 6 nitrogen and oxygen atoms in total. The maximum Gasteiger partial charge on any atom is 0.252 e. The van der Waals surface area contributed by atoms with Crippen LogP contribution in [0.3, 0.4) is 0 Å². The average Bonchev–Trinajstić information content (AvgIpc) is 3.71. The third kappa shape index (κ3) is 2.66. The van der Waals surface area contributed by atoms with Gasteiger partial charge in [-0.3, -0.25) is 9.69 Å². The van der Waals surface area contributed by atoms with E-state index in [0.717, 1.165) is 29.5 Å². The number of phenolic OH excluding ortho intramolecular Hbond substituents is 1. The summed E-state index contributed by atoms with van der Waals surface area (Å²) < 4.78 is 24.9. The molecule has 2 aromatic rings. The van der Waals surface area contributed by atoms with Crippen molar-refractivity contribution in [3.05, 3.63) is 70.8 Å². The van der Waals surface area contributed by atoms with Crippen LogP contribution in [-0.2, 0) is 23.2 Å². The van der Waals surface area contributed by atoms with Gasteiger partial charge in [0, 0.05) is 45.4 Å². The Bertz CT molecular complexity index is 1440. The molecular weight excluding hydrogens is 464 g/mol. The normalized spacial score (nSPS) is 37.7. The molecule has 0 aromatic heterocycles. The number of piperidine rings is 1. The first-order chi connectivity index (χ1) is 18.6. The SMILES string of the molecule is [2H]C([2H])(C1CC1)N1CC[C@]23c4c5ccc(O)c4O[C@H]2[C@@]2(O)CC[C@@]3(C=C2C(=O)N(C)Cc2ccccc2)[C@@H]1C5. The average molecular weight is 501 g/mol. The Morgan fingerprint density at radius 1 is 1.19 bits per heavy atom. The zero-order valence-corrected chi connectivity index (χ0v) is 21.1. The standard InChI is InChI=1S/C31H34N2O4/c1-32(17-19-5-3-2-4-6-19)27(35)22-16-29-11-12-31(22,36)28-30(29)13-14-33(18-20-7-8-20)24(29)15-21-9-10-23(34)26(37-28)25(21)30/h2-6,9-10,16,20,24,28,34,36H,7-8,11-15,17-18H2,1H3/t24-,28+,29+,30-,31+/m0/s1/i18D2. The third-order valence-electron chi connectivity index (χ3n) is 10.3. The second-order valence-corrected chi connectivity index (χ2v) is 12.2. The van der Waals surface area contributed by atoms with Gasteiger partial charge in [-0.05, 0) is 68.2 Å². The van der Waals surface area contributed by atoms with Crippen molar-refractivity contribution in [2.45, 2.75) is 68.2 Å². The van der Waals surface area contributed by atoms with Gasteiger partial charge in [0.25, 0.3) is 5.91 Å². The first-order valence-electron chi connectivity index (χ1n) is 14.7. The van der Waals surface area contributed by atoms with E-state index < -0.39 is 29.0 Å². The number of phenols is 1. The Labute approximate surface area is 220 Å². The number of benzene rings is 2. The van der Waals surface area contributed by atoms with Crippen LogP contribution in [0.4, 0.5) is 0 Å². The van der Waals surface area contributed by atoms with E-state index in [1.54, 1.807) is 18.0 Å². The molecule has 2 saturated carbocycles. The Hall–Kier alpha value is -2.83. The summed E-state index contributed by atoms with van der Waals surface area (Å²) in [5.74, 6) is 0.319. The Balaban J connectivity index is 1.30. The second kappa shape index (κ2) is 7.17. The fourth-order valence-electron chi connectivity index (χ4n) is 8.60. The molecule has 5 atom stereocenters. The van der Waals surface area contributed by atoms with Crippen molar-refractivity contribution in [2.75, 3.05) is 20.1 Å². The minimum Gasteiger partial charge on any atom is -0.504 e. The van der Waals surface area contributed by atoms with Crippen LogP contribution >= 0.6 is 0 Å². The largest absolute Gasteiger partial charge is 0.504 e. The molecule has 2 spiro atoms. The van der Waals surface area contributed by atoms with Crippen LogP contribution in [0.15, 0.2) is 54.1 Å². The fourth-order valence-corrected chi connectivity index (χ4v) is 8.60. The molecule has 2 aromatic carbocycles. The highest BCUT2D eigenvalue weighted by atomic mass is 16.5. The maximum atomic E-state index is 14.1. The van der Waals surface area contributed by atoms with Crippen LogP contribution in [0.1, 0.15) is 51.5 Å². The second-order valence-electron chi connectivity index (χ2n) is 12.2. The van der Waals surface area contributed by atoms with Gasteiger partial charge in [0.05, 0.1) is 5.41 Å². The first-order valence-corrected chi connectivity index (χ1v) is 13.7. The van der Waals surface area contributed by atoms with Crippen molar-refractivity contribution in [3.8, 4) is 11.5 Å². The van der Waals surface area contributed by atoms with E-state index in [-0.39, 0.29) is 23.6 Å². The van der Waals surface area contributed by atoms with Crippen LogP contribution in [0, 0.1) is 11.3 Å². The number of likely N-dealkylation sites (N-methyl/N-ethyl adjacent to an activating group) is 1. The van der Waals surface area contributed by atoms with E-state index in [9.17, 15) is 15.0 Å². The van der Waals surface area contributed by atoms with Gasteiger partial charge in [-0.15, -0.1) is 0 Å². The summed E-state index contributed by atoms with van der Waals surface area (Å²) in [7, 11) is 1.77. The summed E-state index contributed by atoms with van der Waals surface area (Å²) in [6.45, 7) is -0.451. The zero-order valence-electron chi connectivity index (χ0n) is 23.1. The van der Waals surface area contributed by atoms with E-state index in [0.29, 0.717) is 50.1 Å². The van der Waals surface area contributed by atoms with E-state index in [1.807, 2.05) is 42.5 Å². The third-order valence-corrected chi connectivity index (χ3v) is 10.3. The minimum atomic E-state index is -1.49. The lowest BCUT2D eigenvalue weighted by molar-refractivity contribution is -0.188. The molecule has 2 N–H and O–H groups in total. The van der Waals surface area contributed by atoms with Crippen LogP contribution < -0.4 is 4.74 Å². The van der Waals surface area contributed by atoms with Gasteiger partial charge in [-0.2, -0.15) is 0 Å². The molecule has 1 saturated heterocycles. The number of aliphatic hydroxyl groups is 1. The molecule has 6 heteroatoms. The minimum absolute atomic E-state index is 0.0292. The number of hydrogen-bond donors (Lipinski definition) is 2. The maximum absolute atomic E-state index is 14.1. The first kappa shape index (κ1) is 20.2. The zero-order chi connectivity index (χ0) is 26.9. The topological polar surface area (TPSA) is 73.2 Å². The van der Waals surface area contributed by atoms with Gasteiger partial charge in [0.15, 0.2) is 11.5 Å².